The molecule has 0 aliphatic heterocycles. The van der Waals surface area contributed by atoms with Gasteiger partial charge >= 0.3 is 0 Å². The second-order valence-corrected chi connectivity index (χ2v) is 3.03. The summed E-state index contributed by atoms with van der Waals surface area (Å²) in [6, 6.07) is 0.226. The Labute approximate surface area is 74.2 Å². The minimum atomic E-state index is 0.226. The number of allylic oxidation sites excluding steroid dienone is 1. The predicted octanol–water partition coefficient (Wildman–Crippen LogP) is 0.677. The van der Waals surface area contributed by atoms with Crippen molar-refractivity contribution in [2.45, 2.75) is 25.8 Å². The molecule has 3 nitrogen and oxygen atoms in total. The van der Waals surface area contributed by atoms with Crippen LogP contribution in [0, 0.1) is 0 Å². The maximum atomic E-state index is 10.2. The molecule has 1 atom stereocenters. The quantitative estimate of drug-likeness (QED) is 0.435. The molecule has 0 heterocycles. The number of carbonyl (C=O) groups is 1. The molecule has 0 spiro atoms. The third-order valence-corrected chi connectivity index (χ3v) is 1.67. The van der Waals surface area contributed by atoms with Gasteiger partial charge in [-0.05, 0) is 26.8 Å². The second kappa shape index (κ2) is 6.85. The van der Waals surface area contributed by atoms with Gasteiger partial charge in [0.05, 0.1) is 0 Å². The van der Waals surface area contributed by atoms with Crippen molar-refractivity contribution in [2.24, 2.45) is 0 Å². The Kier molecular flexibility index (Phi) is 6.38. The third kappa shape index (κ3) is 5.92. The van der Waals surface area contributed by atoms with Crippen molar-refractivity contribution in [3.05, 3.63) is 12.2 Å². The fourth-order valence-corrected chi connectivity index (χ4v) is 1.01. The fraction of sp³-hybridized carbons (Fsp3) is 0.667. The highest BCUT2D eigenvalue weighted by Gasteiger charge is 2.04. The van der Waals surface area contributed by atoms with Crippen LogP contribution in [-0.2, 0) is 4.79 Å². The lowest BCUT2D eigenvalue weighted by Gasteiger charge is -2.14. The molecule has 0 rings (SSSR count). The van der Waals surface area contributed by atoms with Crippen LogP contribution in [0.4, 0.5) is 0 Å². The van der Waals surface area contributed by atoms with E-state index in [1.165, 1.54) is 0 Å². The lowest BCUT2D eigenvalue weighted by atomic mass is 10.1. The van der Waals surface area contributed by atoms with E-state index in [1.54, 1.807) is 0 Å². The molecule has 0 aromatic carbocycles. The predicted molar refractivity (Wildman–Crippen MR) is 51.0 cm³/mol. The summed E-state index contributed by atoms with van der Waals surface area (Å²) in [5, 5.41) is 5.78. The van der Waals surface area contributed by atoms with Gasteiger partial charge in [0.1, 0.15) is 0 Å². The van der Waals surface area contributed by atoms with Crippen molar-refractivity contribution in [2.75, 3.05) is 13.6 Å². The van der Waals surface area contributed by atoms with Gasteiger partial charge in [0, 0.05) is 12.6 Å². The molecule has 0 aliphatic carbocycles. The van der Waals surface area contributed by atoms with E-state index in [0.29, 0.717) is 0 Å². The smallest absolute Gasteiger partial charge is 0.207 e. The van der Waals surface area contributed by atoms with E-state index in [2.05, 4.69) is 17.2 Å². The summed E-state index contributed by atoms with van der Waals surface area (Å²) in [6.07, 6.45) is 2.67. The molecule has 3 heteroatoms. The van der Waals surface area contributed by atoms with E-state index in [-0.39, 0.29) is 6.04 Å². The second-order valence-electron chi connectivity index (χ2n) is 3.03. The Bertz CT molecular complexity index is 145. The zero-order valence-corrected chi connectivity index (χ0v) is 7.89. The number of amides is 1. The van der Waals surface area contributed by atoms with E-state index in [1.807, 2.05) is 14.0 Å². The van der Waals surface area contributed by atoms with E-state index < -0.39 is 0 Å². The molecule has 0 bridgehead atoms. The summed E-state index contributed by atoms with van der Waals surface area (Å²) < 4.78 is 0. The maximum Gasteiger partial charge on any atom is 0.207 e. The minimum absolute atomic E-state index is 0.226. The third-order valence-electron chi connectivity index (χ3n) is 1.67. The highest BCUT2D eigenvalue weighted by Crippen LogP contribution is 2.03. The van der Waals surface area contributed by atoms with Crippen LogP contribution in [0.1, 0.15) is 19.8 Å². The van der Waals surface area contributed by atoms with Crippen LogP contribution in [0.2, 0.25) is 0 Å². The molecule has 0 aromatic heterocycles. The van der Waals surface area contributed by atoms with Crippen LogP contribution >= 0.6 is 0 Å². The molecular formula is C9H18N2O. The van der Waals surface area contributed by atoms with Gasteiger partial charge < -0.3 is 10.6 Å². The largest absolute Gasteiger partial charge is 0.355 e. The number of hydrogen-bond donors (Lipinski definition) is 2. The molecular weight excluding hydrogens is 152 g/mol. The van der Waals surface area contributed by atoms with E-state index in [4.69, 9.17) is 0 Å². The van der Waals surface area contributed by atoms with Crippen molar-refractivity contribution >= 4 is 6.41 Å². The Morgan fingerprint density at radius 2 is 2.33 bits per heavy atom. The number of nitrogens with one attached hydrogen (secondary N) is 2. The molecule has 0 aromatic rings. The summed E-state index contributed by atoms with van der Waals surface area (Å²) in [5.41, 5.74) is 1.16. The van der Waals surface area contributed by atoms with Crippen LogP contribution in [0.15, 0.2) is 12.2 Å². The van der Waals surface area contributed by atoms with E-state index in [0.717, 1.165) is 31.4 Å². The molecule has 1 amide bonds. The normalized spacial score (nSPS) is 12.2. The van der Waals surface area contributed by atoms with Crippen molar-refractivity contribution in [3.63, 3.8) is 0 Å². The zero-order valence-electron chi connectivity index (χ0n) is 7.89. The average Bonchev–Trinajstić information content (AvgIpc) is 2.01. The van der Waals surface area contributed by atoms with Crippen molar-refractivity contribution in [1.82, 2.24) is 10.6 Å². The molecule has 12 heavy (non-hydrogen) atoms. The van der Waals surface area contributed by atoms with Gasteiger partial charge in [-0.2, -0.15) is 0 Å². The summed E-state index contributed by atoms with van der Waals surface area (Å²) >= 11 is 0. The molecule has 70 valence electrons. The van der Waals surface area contributed by atoms with Gasteiger partial charge in [-0.25, -0.2) is 0 Å². The van der Waals surface area contributed by atoms with Gasteiger partial charge in [0.25, 0.3) is 0 Å². The van der Waals surface area contributed by atoms with Gasteiger partial charge in [-0.1, -0.05) is 5.57 Å². The minimum Gasteiger partial charge on any atom is -0.355 e. The highest BCUT2D eigenvalue weighted by molar-refractivity contribution is 5.46. The molecule has 0 unspecified atom stereocenters. The van der Waals surface area contributed by atoms with Crippen LogP contribution in [0.25, 0.3) is 0 Å². The summed E-state index contributed by atoms with van der Waals surface area (Å²) in [6.45, 7) is 6.62. The molecule has 0 aliphatic rings. The first kappa shape index (κ1) is 11.2. The number of carbonyl (C=O) groups excluding carboxylic acids is 1. The first-order valence-corrected chi connectivity index (χ1v) is 4.19. The molecule has 0 radical (unpaired) electrons. The fourth-order valence-electron chi connectivity index (χ4n) is 1.01. The highest BCUT2D eigenvalue weighted by atomic mass is 16.1. The topological polar surface area (TPSA) is 41.1 Å². The van der Waals surface area contributed by atoms with Gasteiger partial charge in [0.2, 0.25) is 6.41 Å². The molecule has 0 saturated carbocycles. The molecule has 0 fully saturated rings. The monoisotopic (exact) mass is 170 g/mol. The Morgan fingerprint density at radius 1 is 1.67 bits per heavy atom. The number of hydrogen-bond acceptors (Lipinski definition) is 2. The lowest BCUT2D eigenvalue weighted by molar-refractivity contribution is -0.110. The van der Waals surface area contributed by atoms with Gasteiger partial charge in [-0.15, -0.1) is 6.58 Å². The van der Waals surface area contributed by atoms with E-state index in [9.17, 15) is 4.79 Å². The lowest BCUT2D eigenvalue weighted by Crippen LogP contribution is -2.36. The summed E-state index contributed by atoms with van der Waals surface area (Å²) in [7, 11) is 1.88. The van der Waals surface area contributed by atoms with Crippen molar-refractivity contribution in [3.8, 4) is 0 Å². The maximum absolute atomic E-state index is 10.2. The van der Waals surface area contributed by atoms with Crippen LogP contribution in [-0.4, -0.2) is 26.0 Å². The first-order chi connectivity index (χ1) is 5.70. The van der Waals surface area contributed by atoms with Crippen molar-refractivity contribution in [1.29, 1.82) is 0 Å². The summed E-state index contributed by atoms with van der Waals surface area (Å²) in [5.74, 6) is 0. The van der Waals surface area contributed by atoms with Gasteiger partial charge in [-0.3, -0.25) is 4.79 Å². The number of rotatable bonds is 7. The Balaban J connectivity index is 3.61. The van der Waals surface area contributed by atoms with Crippen LogP contribution in [0.5, 0.6) is 0 Å². The molecule has 0 saturated heterocycles. The van der Waals surface area contributed by atoms with Crippen molar-refractivity contribution < 1.29 is 4.79 Å². The first-order valence-electron chi connectivity index (χ1n) is 4.19. The average molecular weight is 170 g/mol. The van der Waals surface area contributed by atoms with Crippen LogP contribution < -0.4 is 10.6 Å². The SMILES string of the molecule is C=C(C)CC[C@@H](CNC)NC=O. The van der Waals surface area contributed by atoms with Gasteiger partial charge in [0.15, 0.2) is 0 Å². The summed E-state index contributed by atoms with van der Waals surface area (Å²) in [4.78, 5) is 10.2. The molecule has 2 N–H and O–H groups in total. The zero-order chi connectivity index (χ0) is 9.40. The standard InChI is InChI=1S/C9H18N2O/c1-8(2)4-5-9(6-10-3)11-7-12/h7,9-10H,1,4-6H2,2-3H3,(H,11,12)/t9-/m0/s1. The van der Waals surface area contributed by atoms with Crippen LogP contribution in [0.3, 0.4) is 0 Å². The Hall–Kier alpha value is -0.830. The van der Waals surface area contributed by atoms with E-state index >= 15 is 0 Å². The Morgan fingerprint density at radius 3 is 2.75 bits per heavy atom. The number of likely N-dealkylation sites (N-methyl/N-ethyl adjacent to an activating group) is 1.